The van der Waals surface area contributed by atoms with Crippen molar-refractivity contribution in [2.75, 3.05) is 6.54 Å². The zero-order valence-corrected chi connectivity index (χ0v) is 20.6. The predicted octanol–water partition coefficient (Wildman–Crippen LogP) is 5.11. The maximum absolute atomic E-state index is 13.1. The van der Waals surface area contributed by atoms with Crippen LogP contribution in [0.1, 0.15) is 21.7 Å². The number of benzene rings is 2. The molecule has 2 N–H and O–H groups in total. The van der Waals surface area contributed by atoms with Gasteiger partial charge in [-0.1, -0.05) is 58.4 Å². The van der Waals surface area contributed by atoms with Crippen LogP contribution < -0.4 is 5.32 Å². The van der Waals surface area contributed by atoms with Gasteiger partial charge in [0, 0.05) is 51.8 Å². The first kappa shape index (κ1) is 23.3. The highest BCUT2D eigenvalue weighted by molar-refractivity contribution is 7.98. The van der Waals surface area contributed by atoms with Crippen LogP contribution >= 0.6 is 35.0 Å². The zero-order valence-electron chi connectivity index (χ0n) is 18.3. The highest BCUT2D eigenvalue weighted by Gasteiger charge is 2.21. The lowest BCUT2D eigenvalue weighted by atomic mass is 10.1. The Kier molecular flexibility index (Phi) is 6.98. The second-order valence-corrected chi connectivity index (χ2v) is 9.43. The summed E-state index contributed by atoms with van der Waals surface area (Å²) in [6.45, 7) is 0.449. The summed E-state index contributed by atoms with van der Waals surface area (Å²) in [5, 5.41) is 14.0. The smallest absolute Gasteiger partial charge is 0.273 e. The number of thioether (sulfide) groups is 1. The SMILES string of the molecule is O=C(NCCc1c[nH]c2ccccc12)c1nnn(-c2cc(Cl)cc(Cl)c2)c1CSc1ncccn1. The van der Waals surface area contributed by atoms with Crippen LogP contribution in [0, 0.1) is 0 Å². The Bertz CT molecular complexity index is 1470. The monoisotopic (exact) mass is 523 g/mol. The van der Waals surface area contributed by atoms with E-state index in [9.17, 15) is 4.79 Å². The molecule has 5 rings (SSSR count). The van der Waals surface area contributed by atoms with Crippen molar-refractivity contribution in [2.45, 2.75) is 17.3 Å². The summed E-state index contributed by atoms with van der Waals surface area (Å²) in [6, 6.07) is 14.9. The number of hydrogen-bond acceptors (Lipinski definition) is 6. The molecule has 0 spiro atoms. The molecule has 2 aromatic carbocycles. The van der Waals surface area contributed by atoms with Gasteiger partial charge in [-0.25, -0.2) is 14.6 Å². The van der Waals surface area contributed by atoms with E-state index in [1.807, 2.05) is 24.4 Å². The quantitative estimate of drug-likeness (QED) is 0.216. The Morgan fingerprint density at radius 2 is 1.83 bits per heavy atom. The van der Waals surface area contributed by atoms with Gasteiger partial charge in [0.05, 0.1) is 11.4 Å². The molecule has 0 saturated heterocycles. The van der Waals surface area contributed by atoms with Gasteiger partial charge in [0.1, 0.15) is 0 Å². The van der Waals surface area contributed by atoms with Crippen molar-refractivity contribution >= 4 is 51.8 Å². The van der Waals surface area contributed by atoms with Crippen LogP contribution in [0.25, 0.3) is 16.6 Å². The van der Waals surface area contributed by atoms with Crippen molar-refractivity contribution in [2.24, 2.45) is 0 Å². The molecule has 0 aliphatic heterocycles. The number of aromatic amines is 1. The molecular weight excluding hydrogens is 505 g/mol. The molecule has 0 saturated carbocycles. The molecule has 3 aromatic heterocycles. The standard InChI is InChI=1S/C24H19Cl2N7OS/c25-16-10-17(26)12-18(11-16)33-21(14-35-24-28-7-3-8-29-24)22(31-32-33)23(34)27-9-6-15-13-30-20-5-2-1-4-19(15)20/h1-5,7-8,10-13,30H,6,9,14H2,(H,27,34). The van der Waals surface area contributed by atoms with E-state index in [1.54, 1.807) is 41.3 Å². The maximum atomic E-state index is 13.1. The fourth-order valence-electron chi connectivity index (χ4n) is 3.70. The molecule has 176 valence electrons. The van der Waals surface area contributed by atoms with Crippen LogP contribution in [-0.2, 0) is 12.2 Å². The number of para-hydroxylation sites is 1. The van der Waals surface area contributed by atoms with E-state index >= 15 is 0 Å². The number of nitrogens with one attached hydrogen (secondary N) is 2. The van der Waals surface area contributed by atoms with E-state index in [2.05, 4.69) is 36.6 Å². The summed E-state index contributed by atoms with van der Waals surface area (Å²) in [6.07, 6.45) is 5.98. The minimum Gasteiger partial charge on any atom is -0.361 e. The molecule has 0 aliphatic carbocycles. The van der Waals surface area contributed by atoms with Crippen LogP contribution in [0.4, 0.5) is 0 Å². The highest BCUT2D eigenvalue weighted by atomic mass is 35.5. The van der Waals surface area contributed by atoms with Gasteiger partial charge in [-0.15, -0.1) is 5.10 Å². The Morgan fingerprint density at radius 1 is 1.06 bits per heavy atom. The van der Waals surface area contributed by atoms with Crippen LogP contribution in [0.3, 0.4) is 0 Å². The first-order valence-electron chi connectivity index (χ1n) is 10.7. The summed E-state index contributed by atoms with van der Waals surface area (Å²) in [5.41, 5.74) is 3.63. The molecule has 5 aromatic rings. The Hall–Kier alpha value is -3.40. The van der Waals surface area contributed by atoms with Crippen LogP contribution in [0.5, 0.6) is 0 Å². The Morgan fingerprint density at radius 3 is 2.63 bits per heavy atom. The number of nitrogens with zero attached hydrogens (tertiary/aromatic N) is 5. The topological polar surface area (TPSA) is 101 Å². The number of aromatic nitrogens is 6. The lowest BCUT2D eigenvalue weighted by molar-refractivity contribution is 0.0948. The van der Waals surface area contributed by atoms with Gasteiger partial charge in [0.2, 0.25) is 0 Å². The van der Waals surface area contributed by atoms with E-state index in [0.29, 0.717) is 45.3 Å². The molecule has 11 heteroatoms. The molecule has 0 atom stereocenters. The number of carbonyl (C=O) groups excluding carboxylic acids is 1. The third-order valence-corrected chi connectivity index (χ3v) is 6.63. The minimum absolute atomic E-state index is 0.225. The van der Waals surface area contributed by atoms with E-state index in [1.165, 1.54) is 11.8 Å². The van der Waals surface area contributed by atoms with Gasteiger partial charge < -0.3 is 10.3 Å². The molecule has 0 bridgehead atoms. The van der Waals surface area contributed by atoms with Crippen molar-refractivity contribution in [3.63, 3.8) is 0 Å². The summed E-state index contributed by atoms with van der Waals surface area (Å²) in [4.78, 5) is 24.9. The number of halogens is 2. The molecule has 3 heterocycles. The second-order valence-electron chi connectivity index (χ2n) is 7.61. The van der Waals surface area contributed by atoms with Crippen molar-refractivity contribution in [1.82, 2.24) is 35.3 Å². The second kappa shape index (κ2) is 10.5. The molecule has 0 aliphatic rings. The molecule has 0 radical (unpaired) electrons. The maximum Gasteiger partial charge on any atom is 0.273 e. The Balaban J connectivity index is 1.37. The average molecular weight is 524 g/mol. The van der Waals surface area contributed by atoms with E-state index in [-0.39, 0.29) is 11.6 Å². The van der Waals surface area contributed by atoms with Gasteiger partial charge in [-0.3, -0.25) is 4.79 Å². The fourth-order valence-corrected chi connectivity index (χ4v) is 5.01. The van der Waals surface area contributed by atoms with Crippen molar-refractivity contribution < 1.29 is 4.79 Å². The first-order valence-corrected chi connectivity index (χ1v) is 12.5. The summed E-state index contributed by atoms with van der Waals surface area (Å²) in [7, 11) is 0. The molecule has 8 nitrogen and oxygen atoms in total. The van der Waals surface area contributed by atoms with Gasteiger partial charge >= 0.3 is 0 Å². The Labute approximate surface area is 215 Å². The first-order chi connectivity index (χ1) is 17.1. The van der Waals surface area contributed by atoms with Crippen LogP contribution in [-0.4, -0.2) is 42.4 Å². The van der Waals surface area contributed by atoms with Crippen molar-refractivity contribution in [3.8, 4) is 5.69 Å². The third kappa shape index (κ3) is 5.32. The average Bonchev–Trinajstić information content (AvgIpc) is 3.47. The zero-order chi connectivity index (χ0) is 24.2. The van der Waals surface area contributed by atoms with Gasteiger partial charge in [-0.05, 0) is 42.3 Å². The number of carbonyl (C=O) groups is 1. The molecule has 0 unspecified atom stereocenters. The third-order valence-electron chi connectivity index (χ3n) is 5.31. The van der Waals surface area contributed by atoms with E-state index < -0.39 is 0 Å². The van der Waals surface area contributed by atoms with E-state index in [0.717, 1.165) is 16.5 Å². The summed E-state index contributed by atoms with van der Waals surface area (Å²) < 4.78 is 1.57. The fraction of sp³-hybridized carbons (Fsp3) is 0.125. The number of H-pyrrole nitrogens is 1. The number of hydrogen-bond donors (Lipinski definition) is 2. The molecular formula is C24H19Cl2N7OS. The molecule has 35 heavy (non-hydrogen) atoms. The predicted molar refractivity (Wildman–Crippen MR) is 137 cm³/mol. The van der Waals surface area contributed by atoms with Crippen LogP contribution in [0.15, 0.2) is 72.3 Å². The number of amides is 1. The summed E-state index contributed by atoms with van der Waals surface area (Å²) in [5.74, 6) is 0.0561. The normalized spacial score (nSPS) is 11.1. The van der Waals surface area contributed by atoms with Gasteiger partial charge in [0.15, 0.2) is 10.9 Å². The number of rotatable bonds is 8. The van der Waals surface area contributed by atoms with Crippen molar-refractivity contribution in [1.29, 1.82) is 0 Å². The lowest BCUT2D eigenvalue weighted by Crippen LogP contribution is -2.27. The highest BCUT2D eigenvalue weighted by Crippen LogP contribution is 2.26. The summed E-state index contributed by atoms with van der Waals surface area (Å²) >= 11 is 13.8. The molecule has 0 fully saturated rings. The minimum atomic E-state index is -0.311. The number of fused-ring (bicyclic) bond motifs is 1. The van der Waals surface area contributed by atoms with Gasteiger partial charge in [-0.2, -0.15) is 0 Å². The van der Waals surface area contributed by atoms with Crippen molar-refractivity contribution in [3.05, 3.63) is 94.1 Å². The van der Waals surface area contributed by atoms with E-state index in [4.69, 9.17) is 23.2 Å². The molecule has 1 amide bonds. The van der Waals surface area contributed by atoms with Gasteiger partial charge in [0.25, 0.3) is 5.91 Å². The van der Waals surface area contributed by atoms with Crippen LogP contribution in [0.2, 0.25) is 10.0 Å². The lowest BCUT2D eigenvalue weighted by Gasteiger charge is -2.09. The largest absolute Gasteiger partial charge is 0.361 e.